The second-order valence-electron chi connectivity index (χ2n) is 6.75. The van der Waals surface area contributed by atoms with Gasteiger partial charge in [-0.2, -0.15) is 0 Å². The summed E-state index contributed by atoms with van der Waals surface area (Å²) in [5, 5.41) is 8.95. The molecule has 0 aromatic rings. The monoisotopic (exact) mass is 388 g/mol. The van der Waals surface area contributed by atoms with Gasteiger partial charge in [0.25, 0.3) is 0 Å². The first-order chi connectivity index (χ1) is 10.9. The molecule has 0 spiro atoms. The molecule has 2 atom stereocenters. The number of aliphatic hydroxyl groups is 1. The molecular weight excluding hydrogens is 351 g/mol. The standard InChI is InChI=1S/C18H38O4S.K/c1-3-5-10-15-18(23(20,21)22)16-12-9-7-6-8-11-14-17(19)13-4-2;/h17-19H,3-16H2,1-2H3,(H,20,21,22);/q;+1/p-1. The number of hydrogen-bond donors (Lipinski definition) is 1. The van der Waals surface area contributed by atoms with Crippen LogP contribution in [0.2, 0.25) is 0 Å². The second-order valence-corrected chi connectivity index (χ2v) is 8.40. The van der Waals surface area contributed by atoms with Crippen LogP contribution < -0.4 is 51.4 Å². The molecule has 24 heavy (non-hydrogen) atoms. The summed E-state index contributed by atoms with van der Waals surface area (Å²) >= 11 is 0. The third-order valence-corrected chi connectivity index (χ3v) is 5.76. The molecule has 0 radical (unpaired) electrons. The van der Waals surface area contributed by atoms with Crippen molar-refractivity contribution in [2.75, 3.05) is 0 Å². The molecule has 4 nitrogen and oxygen atoms in total. The molecule has 0 aliphatic heterocycles. The predicted octanol–water partition coefficient (Wildman–Crippen LogP) is 1.77. The topological polar surface area (TPSA) is 77.4 Å². The number of hydrogen-bond acceptors (Lipinski definition) is 4. The minimum atomic E-state index is -4.14. The van der Waals surface area contributed by atoms with Crippen LogP contribution in [0.1, 0.15) is 104 Å². The molecule has 0 aliphatic rings. The van der Waals surface area contributed by atoms with Gasteiger partial charge < -0.3 is 9.66 Å². The van der Waals surface area contributed by atoms with Gasteiger partial charge in [-0.25, -0.2) is 8.42 Å². The Morgan fingerprint density at radius 1 is 0.750 bits per heavy atom. The van der Waals surface area contributed by atoms with Crippen LogP contribution in [0, 0.1) is 0 Å². The molecule has 2 unspecified atom stereocenters. The van der Waals surface area contributed by atoms with Gasteiger partial charge in [0.1, 0.15) is 0 Å². The smallest absolute Gasteiger partial charge is 0.748 e. The summed E-state index contributed by atoms with van der Waals surface area (Å²) in [6.45, 7) is 4.16. The van der Waals surface area contributed by atoms with E-state index in [2.05, 4.69) is 13.8 Å². The van der Waals surface area contributed by atoms with Gasteiger partial charge in [0, 0.05) is 5.25 Å². The van der Waals surface area contributed by atoms with Crippen molar-refractivity contribution in [1.82, 2.24) is 0 Å². The van der Waals surface area contributed by atoms with Gasteiger partial charge in [0.2, 0.25) is 0 Å². The minimum Gasteiger partial charge on any atom is -0.748 e. The zero-order chi connectivity index (χ0) is 17.6. The molecule has 0 saturated carbocycles. The molecule has 0 heterocycles. The molecule has 0 bridgehead atoms. The molecule has 0 aromatic carbocycles. The fourth-order valence-corrected chi connectivity index (χ4v) is 3.90. The SMILES string of the molecule is CCCCCC(CCCCCCCCC(O)CCC)S(=O)(=O)[O-].[K+]. The fraction of sp³-hybridized carbons (Fsp3) is 1.00. The molecule has 140 valence electrons. The van der Waals surface area contributed by atoms with Crippen molar-refractivity contribution in [2.45, 2.75) is 115 Å². The summed E-state index contributed by atoms with van der Waals surface area (Å²) in [7, 11) is -4.14. The first-order valence-corrected chi connectivity index (χ1v) is 11.0. The molecule has 0 aliphatic carbocycles. The Bertz CT molecular complexity index is 360. The van der Waals surface area contributed by atoms with Gasteiger partial charge in [-0.05, 0) is 25.7 Å². The number of aliphatic hydroxyl groups excluding tert-OH is 1. The quantitative estimate of drug-likeness (QED) is 0.248. The number of rotatable bonds is 16. The minimum absolute atomic E-state index is 0. The van der Waals surface area contributed by atoms with Crippen molar-refractivity contribution in [3.63, 3.8) is 0 Å². The maximum Gasteiger partial charge on any atom is 1.00 e. The van der Waals surface area contributed by atoms with E-state index in [1.54, 1.807) is 0 Å². The van der Waals surface area contributed by atoms with E-state index in [4.69, 9.17) is 0 Å². The molecule has 0 rings (SSSR count). The van der Waals surface area contributed by atoms with Crippen LogP contribution in [-0.4, -0.2) is 29.4 Å². The van der Waals surface area contributed by atoms with Crippen molar-refractivity contribution < 1.29 is 69.5 Å². The van der Waals surface area contributed by atoms with Gasteiger partial charge in [-0.15, -0.1) is 0 Å². The Morgan fingerprint density at radius 2 is 1.21 bits per heavy atom. The zero-order valence-electron chi connectivity index (χ0n) is 16.1. The summed E-state index contributed by atoms with van der Waals surface area (Å²) in [6.07, 6.45) is 12.8. The van der Waals surface area contributed by atoms with E-state index in [9.17, 15) is 18.1 Å². The average Bonchev–Trinajstić information content (AvgIpc) is 2.47. The third kappa shape index (κ3) is 16.9. The van der Waals surface area contributed by atoms with Crippen LogP contribution in [0.25, 0.3) is 0 Å². The largest absolute Gasteiger partial charge is 1.00 e. The van der Waals surface area contributed by atoms with Crippen molar-refractivity contribution in [3.8, 4) is 0 Å². The predicted molar refractivity (Wildman–Crippen MR) is 95.5 cm³/mol. The fourth-order valence-electron chi connectivity index (χ4n) is 2.99. The van der Waals surface area contributed by atoms with Gasteiger partial charge in [0.15, 0.2) is 0 Å². The summed E-state index contributed by atoms with van der Waals surface area (Å²) in [5.74, 6) is 0. The summed E-state index contributed by atoms with van der Waals surface area (Å²) < 4.78 is 33.8. The van der Waals surface area contributed by atoms with Crippen LogP contribution in [0.3, 0.4) is 0 Å². The molecule has 0 fully saturated rings. The van der Waals surface area contributed by atoms with Crippen molar-refractivity contribution in [1.29, 1.82) is 0 Å². The van der Waals surface area contributed by atoms with E-state index >= 15 is 0 Å². The van der Waals surface area contributed by atoms with Crippen LogP contribution in [-0.2, 0) is 10.1 Å². The molecule has 6 heteroatoms. The first kappa shape index (κ1) is 27.7. The van der Waals surface area contributed by atoms with E-state index in [1.165, 1.54) is 0 Å². The van der Waals surface area contributed by atoms with E-state index < -0.39 is 15.4 Å². The van der Waals surface area contributed by atoms with Gasteiger partial charge in [-0.3, -0.25) is 0 Å². The van der Waals surface area contributed by atoms with Crippen LogP contribution in [0.15, 0.2) is 0 Å². The molecule has 0 amide bonds. The Balaban J connectivity index is 0. The van der Waals surface area contributed by atoms with Gasteiger partial charge in [0.05, 0.1) is 16.2 Å². The third-order valence-electron chi connectivity index (χ3n) is 4.47. The summed E-state index contributed by atoms with van der Waals surface area (Å²) in [5.41, 5.74) is 0. The number of unbranched alkanes of at least 4 members (excludes halogenated alkanes) is 7. The Morgan fingerprint density at radius 3 is 1.67 bits per heavy atom. The van der Waals surface area contributed by atoms with E-state index in [0.29, 0.717) is 12.8 Å². The van der Waals surface area contributed by atoms with E-state index in [0.717, 1.165) is 77.0 Å². The van der Waals surface area contributed by atoms with Crippen LogP contribution in [0.4, 0.5) is 0 Å². The Kier molecular flexibility index (Phi) is 20.7. The average molecular weight is 389 g/mol. The van der Waals surface area contributed by atoms with Gasteiger partial charge >= 0.3 is 51.4 Å². The Labute approximate surface area is 192 Å². The van der Waals surface area contributed by atoms with E-state index in [-0.39, 0.29) is 57.5 Å². The van der Waals surface area contributed by atoms with Gasteiger partial charge in [-0.1, -0.05) is 78.1 Å². The van der Waals surface area contributed by atoms with Crippen LogP contribution in [0.5, 0.6) is 0 Å². The van der Waals surface area contributed by atoms with E-state index in [1.807, 2.05) is 0 Å². The van der Waals surface area contributed by atoms with Crippen molar-refractivity contribution in [3.05, 3.63) is 0 Å². The van der Waals surface area contributed by atoms with Crippen molar-refractivity contribution >= 4 is 10.1 Å². The molecule has 1 N–H and O–H groups in total. The van der Waals surface area contributed by atoms with Crippen LogP contribution >= 0.6 is 0 Å². The maximum absolute atomic E-state index is 11.3. The second kappa shape index (κ2) is 17.9. The normalized spacial score (nSPS) is 14.2. The molecule has 0 saturated heterocycles. The zero-order valence-corrected chi connectivity index (χ0v) is 20.1. The molecular formula is C18H37KO4S. The first-order valence-electron chi connectivity index (χ1n) is 9.54. The summed E-state index contributed by atoms with van der Waals surface area (Å²) in [4.78, 5) is 0. The summed E-state index contributed by atoms with van der Waals surface area (Å²) in [6, 6.07) is 0. The maximum atomic E-state index is 11.3. The Hall–Kier alpha value is 1.51. The molecule has 0 aromatic heterocycles. The van der Waals surface area contributed by atoms with Crippen molar-refractivity contribution in [2.24, 2.45) is 0 Å².